The van der Waals surface area contributed by atoms with Crippen molar-refractivity contribution in [1.82, 2.24) is 23.8 Å². The van der Waals surface area contributed by atoms with Gasteiger partial charge in [-0.1, -0.05) is 0 Å². The zero-order valence-corrected chi connectivity index (χ0v) is 15.0. The first-order valence-corrected chi connectivity index (χ1v) is 9.18. The van der Waals surface area contributed by atoms with E-state index in [0.717, 1.165) is 15.6 Å². The zero-order valence-electron chi connectivity index (χ0n) is 14.2. The van der Waals surface area contributed by atoms with E-state index in [-0.39, 0.29) is 0 Å². The van der Waals surface area contributed by atoms with E-state index in [4.69, 9.17) is 0 Å². The molecule has 1 fully saturated rings. The Hall–Kier alpha value is -2.30. The maximum absolute atomic E-state index is 12.6. The van der Waals surface area contributed by atoms with Crippen LogP contribution < -0.4 is 10.0 Å². The number of aromatic nitrogens is 3. The highest BCUT2D eigenvalue weighted by atomic mass is 32.2. The lowest BCUT2D eigenvalue weighted by atomic mass is 10.00. The van der Waals surface area contributed by atoms with Gasteiger partial charge in [0.2, 0.25) is 5.91 Å². The van der Waals surface area contributed by atoms with E-state index in [2.05, 4.69) is 20.1 Å². The number of pyridine rings is 1. The lowest BCUT2D eigenvalue weighted by molar-refractivity contribution is -0.120. The van der Waals surface area contributed by atoms with Gasteiger partial charge in [0.1, 0.15) is 6.04 Å². The van der Waals surface area contributed by atoms with E-state index in [9.17, 15) is 13.2 Å². The number of likely N-dealkylation sites (N-methyl/N-ethyl adjacent to an activating group) is 1. The number of anilines is 1. The van der Waals surface area contributed by atoms with Crippen molar-refractivity contribution >= 4 is 21.8 Å². The Morgan fingerprint density at radius 3 is 2.76 bits per heavy atom. The van der Waals surface area contributed by atoms with Crippen LogP contribution in [0.5, 0.6) is 0 Å². The number of hydrogen-bond acceptors (Lipinski definition) is 5. The van der Waals surface area contributed by atoms with Crippen LogP contribution in [-0.4, -0.2) is 46.5 Å². The van der Waals surface area contributed by atoms with E-state index in [1.54, 1.807) is 36.3 Å². The van der Waals surface area contributed by atoms with Gasteiger partial charge in [-0.2, -0.15) is 22.5 Å². The maximum atomic E-state index is 12.6. The van der Waals surface area contributed by atoms with Gasteiger partial charge in [0.25, 0.3) is 10.2 Å². The van der Waals surface area contributed by atoms with E-state index in [0.29, 0.717) is 12.1 Å². The van der Waals surface area contributed by atoms with Gasteiger partial charge < -0.3 is 5.32 Å². The Kier molecular flexibility index (Phi) is 4.58. The molecule has 0 bridgehead atoms. The third-order valence-electron chi connectivity index (χ3n) is 4.23. The second-order valence-corrected chi connectivity index (χ2v) is 7.78. The molecule has 1 amide bonds. The Morgan fingerprint density at radius 1 is 1.40 bits per heavy atom. The molecule has 9 nitrogen and oxygen atoms in total. The van der Waals surface area contributed by atoms with Crippen LogP contribution in [0.15, 0.2) is 30.7 Å². The lowest BCUT2D eigenvalue weighted by Crippen LogP contribution is -2.56. The van der Waals surface area contributed by atoms with Gasteiger partial charge >= 0.3 is 0 Å². The number of nitrogens with one attached hydrogen (secondary N) is 2. The fourth-order valence-electron chi connectivity index (χ4n) is 2.94. The highest BCUT2D eigenvalue weighted by Crippen LogP contribution is 2.29. The van der Waals surface area contributed by atoms with Gasteiger partial charge in [-0.15, -0.1) is 0 Å². The summed E-state index contributed by atoms with van der Waals surface area (Å²) in [7, 11) is -0.622. The Bertz CT molecular complexity index is 880. The number of hydrogen-bond donors (Lipinski definition) is 2. The van der Waals surface area contributed by atoms with Crippen LogP contribution in [0.4, 0.5) is 5.69 Å². The van der Waals surface area contributed by atoms with Gasteiger partial charge in [-0.05, 0) is 25.5 Å². The second kappa shape index (κ2) is 6.54. The molecular weight excluding hydrogens is 344 g/mol. The van der Waals surface area contributed by atoms with Gasteiger partial charge in [0.05, 0.1) is 23.6 Å². The van der Waals surface area contributed by atoms with Crippen molar-refractivity contribution in [2.24, 2.45) is 7.05 Å². The van der Waals surface area contributed by atoms with Crippen molar-refractivity contribution < 1.29 is 13.2 Å². The Balaban J connectivity index is 1.87. The Morgan fingerprint density at radius 2 is 2.16 bits per heavy atom. The fourth-order valence-corrected chi connectivity index (χ4v) is 4.20. The summed E-state index contributed by atoms with van der Waals surface area (Å²) in [4.78, 5) is 16.6. The molecule has 1 aliphatic heterocycles. The molecule has 10 heteroatoms. The summed E-state index contributed by atoms with van der Waals surface area (Å²) in [6.07, 6.45) is 5.17. The molecule has 0 saturated carbocycles. The topological polar surface area (TPSA) is 109 Å². The average Bonchev–Trinajstić information content (AvgIpc) is 2.89. The minimum atomic E-state index is -3.78. The molecule has 0 radical (unpaired) electrons. The molecule has 134 valence electrons. The van der Waals surface area contributed by atoms with Crippen LogP contribution in [0.25, 0.3) is 0 Å². The SMILES string of the molecule is Cc1nn(C)cc1[C@H]1C[C@H](C(=O)Nc2cccnc2)N(C)S(=O)(=O)N1. The van der Waals surface area contributed by atoms with E-state index < -0.39 is 28.2 Å². The summed E-state index contributed by atoms with van der Waals surface area (Å²) in [6, 6.07) is 2.04. The normalized spacial score (nSPS) is 23.3. The first kappa shape index (κ1) is 17.5. The van der Waals surface area contributed by atoms with Crippen molar-refractivity contribution in [3.63, 3.8) is 0 Å². The summed E-state index contributed by atoms with van der Waals surface area (Å²) in [6.45, 7) is 1.81. The third kappa shape index (κ3) is 3.55. The molecule has 25 heavy (non-hydrogen) atoms. The molecule has 3 heterocycles. The van der Waals surface area contributed by atoms with Crippen LogP contribution >= 0.6 is 0 Å². The smallest absolute Gasteiger partial charge is 0.280 e. The summed E-state index contributed by atoms with van der Waals surface area (Å²) >= 11 is 0. The zero-order chi connectivity index (χ0) is 18.2. The number of rotatable bonds is 3. The molecule has 2 N–H and O–H groups in total. The quantitative estimate of drug-likeness (QED) is 0.816. The molecule has 2 aromatic heterocycles. The maximum Gasteiger partial charge on any atom is 0.280 e. The molecular formula is C15H20N6O3S. The Labute approximate surface area is 146 Å². The predicted molar refractivity (Wildman–Crippen MR) is 91.8 cm³/mol. The molecule has 0 spiro atoms. The summed E-state index contributed by atoms with van der Waals surface area (Å²) in [5.74, 6) is -0.396. The highest BCUT2D eigenvalue weighted by Gasteiger charge is 2.41. The fraction of sp³-hybridized carbons (Fsp3) is 0.400. The van der Waals surface area contributed by atoms with Crippen LogP contribution in [0.1, 0.15) is 23.7 Å². The van der Waals surface area contributed by atoms with Gasteiger partial charge in [0, 0.05) is 32.1 Å². The van der Waals surface area contributed by atoms with Gasteiger partial charge in [0.15, 0.2) is 0 Å². The molecule has 1 saturated heterocycles. The van der Waals surface area contributed by atoms with Crippen LogP contribution in [0.2, 0.25) is 0 Å². The average molecular weight is 364 g/mol. The number of nitrogens with zero attached hydrogens (tertiary/aromatic N) is 4. The number of carbonyl (C=O) groups is 1. The van der Waals surface area contributed by atoms with E-state index >= 15 is 0 Å². The summed E-state index contributed by atoms with van der Waals surface area (Å²) in [5.41, 5.74) is 2.01. The van der Waals surface area contributed by atoms with Crippen molar-refractivity contribution in [3.05, 3.63) is 42.0 Å². The predicted octanol–water partition coefficient (Wildman–Crippen LogP) is 0.342. The van der Waals surface area contributed by atoms with Crippen LogP contribution in [0.3, 0.4) is 0 Å². The monoisotopic (exact) mass is 364 g/mol. The molecule has 2 aromatic rings. The highest BCUT2D eigenvalue weighted by molar-refractivity contribution is 7.87. The first-order chi connectivity index (χ1) is 11.8. The molecule has 2 atom stereocenters. The number of aryl methyl sites for hydroxylation is 2. The standard InChI is InChI=1S/C15H20N6O3S/c1-10-12(9-20(2)18-10)13-7-14(21(3)25(23,24)19-13)15(22)17-11-5-4-6-16-8-11/h4-6,8-9,13-14,19H,7H2,1-3H3,(H,17,22)/t13-,14-/m1/s1. The second-order valence-electron chi connectivity index (χ2n) is 6.02. The lowest BCUT2D eigenvalue weighted by Gasteiger charge is -2.36. The van der Waals surface area contributed by atoms with Crippen LogP contribution in [-0.2, 0) is 22.1 Å². The minimum absolute atomic E-state index is 0.300. The van der Waals surface area contributed by atoms with Gasteiger partial charge in [-0.3, -0.25) is 14.5 Å². The van der Waals surface area contributed by atoms with Crippen LogP contribution in [0, 0.1) is 6.92 Å². The first-order valence-electron chi connectivity index (χ1n) is 7.74. The van der Waals surface area contributed by atoms with Crippen molar-refractivity contribution in [1.29, 1.82) is 0 Å². The molecule has 1 aliphatic rings. The van der Waals surface area contributed by atoms with E-state index in [1.807, 2.05) is 6.92 Å². The summed E-state index contributed by atoms with van der Waals surface area (Å²) < 4.78 is 30.2. The number of carbonyl (C=O) groups excluding carboxylic acids is 1. The molecule has 3 rings (SSSR count). The minimum Gasteiger partial charge on any atom is -0.323 e. The van der Waals surface area contributed by atoms with Crippen molar-refractivity contribution in [2.45, 2.75) is 25.4 Å². The van der Waals surface area contributed by atoms with Crippen molar-refractivity contribution in [2.75, 3.05) is 12.4 Å². The van der Waals surface area contributed by atoms with E-state index in [1.165, 1.54) is 13.2 Å². The largest absolute Gasteiger partial charge is 0.323 e. The van der Waals surface area contributed by atoms with Crippen molar-refractivity contribution in [3.8, 4) is 0 Å². The molecule has 0 unspecified atom stereocenters. The third-order valence-corrected chi connectivity index (χ3v) is 5.82. The number of amides is 1. The molecule has 0 aromatic carbocycles. The summed E-state index contributed by atoms with van der Waals surface area (Å²) in [5, 5.41) is 6.97. The molecule has 0 aliphatic carbocycles. The van der Waals surface area contributed by atoms with Gasteiger partial charge in [-0.25, -0.2) is 0 Å².